The number of nitrogens with zero attached hydrogens (tertiary/aromatic N) is 2. The molecule has 0 aliphatic carbocycles. The third-order valence-corrected chi connectivity index (χ3v) is 3.23. The summed E-state index contributed by atoms with van der Waals surface area (Å²) >= 11 is 0. The summed E-state index contributed by atoms with van der Waals surface area (Å²) in [5.74, 6) is -3.56. The van der Waals surface area contributed by atoms with E-state index in [1.807, 2.05) is 24.3 Å². The van der Waals surface area contributed by atoms with Gasteiger partial charge >= 0.3 is 0 Å². The molecule has 19 heavy (non-hydrogen) atoms. The fourth-order valence-electron chi connectivity index (χ4n) is 2.38. The standard InChI is InChI=1S/C14H11F3N2/c15-10-8-11(16)14(18-13(10)17)19-7-3-5-9-4-1-2-6-12(9)19/h1-2,4,6,8H,3,5,7H2. The number of halogens is 3. The van der Waals surface area contributed by atoms with Gasteiger partial charge in [0.1, 0.15) is 0 Å². The number of anilines is 2. The molecule has 0 fully saturated rings. The first-order valence-electron chi connectivity index (χ1n) is 6.04. The lowest BCUT2D eigenvalue weighted by Gasteiger charge is -2.30. The number of para-hydroxylation sites is 1. The molecule has 1 aromatic heterocycles. The van der Waals surface area contributed by atoms with Gasteiger partial charge in [-0.1, -0.05) is 18.2 Å². The molecule has 0 spiro atoms. The Labute approximate surface area is 108 Å². The Balaban J connectivity index is 2.11. The lowest BCUT2D eigenvalue weighted by Crippen LogP contribution is -2.26. The first kappa shape index (κ1) is 12.0. The first-order valence-corrected chi connectivity index (χ1v) is 6.04. The van der Waals surface area contributed by atoms with Crippen LogP contribution in [0.15, 0.2) is 30.3 Å². The molecule has 0 bridgehead atoms. The molecule has 2 heterocycles. The summed E-state index contributed by atoms with van der Waals surface area (Å²) in [6.45, 7) is 0.534. The van der Waals surface area contributed by atoms with Gasteiger partial charge in [-0.2, -0.15) is 9.37 Å². The number of hydrogen-bond acceptors (Lipinski definition) is 2. The van der Waals surface area contributed by atoms with Crippen molar-refractivity contribution in [2.45, 2.75) is 12.8 Å². The minimum atomic E-state index is -1.28. The maximum Gasteiger partial charge on any atom is 0.251 e. The van der Waals surface area contributed by atoms with Gasteiger partial charge in [0.15, 0.2) is 17.5 Å². The average Bonchev–Trinajstić information content (AvgIpc) is 2.42. The van der Waals surface area contributed by atoms with Crippen molar-refractivity contribution in [2.24, 2.45) is 0 Å². The van der Waals surface area contributed by atoms with Crippen molar-refractivity contribution in [3.63, 3.8) is 0 Å². The van der Waals surface area contributed by atoms with Crippen LogP contribution in [-0.4, -0.2) is 11.5 Å². The second-order valence-electron chi connectivity index (χ2n) is 4.45. The van der Waals surface area contributed by atoms with Crippen molar-refractivity contribution in [2.75, 3.05) is 11.4 Å². The van der Waals surface area contributed by atoms with Crippen LogP contribution in [0.4, 0.5) is 24.7 Å². The van der Waals surface area contributed by atoms with E-state index in [0.29, 0.717) is 12.6 Å². The topological polar surface area (TPSA) is 16.1 Å². The molecule has 0 radical (unpaired) electrons. The zero-order valence-corrected chi connectivity index (χ0v) is 10.0. The SMILES string of the molecule is Fc1cc(F)c(N2CCCc3ccccc32)nc1F. The molecule has 2 aromatic rings. The number of aromatic nitrogens is 1. The molecule has 0 N–H and O–H groups in total. The van der Waals surface area contributed by atoms with E-state index in [9.17, 15) is 13.2 Å². The van der Waals surface area contributed by atoms with E-state index in [4.69, 9.17) is 0 Å². The molecular weight excluding hydrogens is 253 g/mol. The highest BCUT2D eigenvalue weighted by atomic mass is 19.2. The van der Waals surface area contributed by atoms with Crippen LogP contribution in [0.3, 0.4) is 0 Å². The summed E-state index contributed by atoms with van der Waals surface area (Å²) < 4.78 is 39.9. The van der Waals surface area contributed by atoms with E-state index in [0.717, 1.165) is 24.1 Å². The van der Waals surface area contributed by atoms with Crippen LogP contribution in [0.2, 0.25) is 0 Å². The van der Waals surface area contributed by atoms with Gasteiger partial charge in [-0.05, 0) is 24.5 Å². The Kier molecular flexibility index (Phi) is 2.89. The number of fused-ring (bicyclic) bond motifs is 1. The Bertz CT molecular complexity index is 628. The van der Waals surface area contributed by atoms with E-state index >= 15 is 0 Å². The Morgan fingerprint density at radius 2 is 1.84 bits per heavy atom. The molecule has 0 amide bonds. The number of pyridine rings is 1. The number of hydrogen-bond donors (Lipinski definition) is 0. The smallest absolute Gasteiger partial charge is 0.251 e. The summed E-state index contributed by atoms with van der Waals surface area (Å²) in [6.07, 6.45) is 1.70. The van der Waals surface area contributed by atoms with Crippen molar-refractivity contribution < 1.29 is 13.2 Å². The van der Waals surface area contributed by atoms with Gasteiger partial charge in [-0.15, -0.1) is 0 Å². The van der Waals surface area contributed by atoms with Gasteiger partial charge < -0.3 is 4.90 Å². The van der Waals surface area contributed by atoms with Crippen molar-refractivity contribution >= 4 is 11.5 Å². The molecule has 0 saturated carbocycles. The summed E-state index contributed by atoms with van der Waals surface area (Å²) in [4.78, 5) is 5.00. The monoisotopic (exact) mass is 264 g/mol. The minimum absolute atomic E-state index is 0.161. The lowest BCUT2D eigenvalue weighted by molar-refractivity contribution is 0.464. The molecule has 0 saturated heterocycles. The third kappa shape index (κ3) is 2.05. The van der Waals surface area contributed by atoms with E-state index in [1.165, 1.54) is 0 Å². The summed E-state index contributed by atoms with van der Waals surface area (Å²) in [6, 6.07) is 8.04. The van der Waals surface area contributed by atoms with Crippen LogP contribution in [0.5, 0.6) is 0 Å². The molecule has 1 aromatic carbocycles. The highest BCUT2D eigenvalue weighted by Crippen LogP contribution is 2.33. The average molecular weight is 264 g/mol. The molecule has 5 heteroatoms. The van der Waals surface area contributed by atoms with E-state index in [-0.39, 0.29) is 5.82 Å². The summed E-state index contributed by atoms with van der Waals surface area (Å²) in [5.41, 5.74) is 1.85. The zero-order valence-electron chi connectivity index (χ0n) is 10.0. The predicted molar refractivity (Wildman–Crippen MR) is 65.9 cm³/mol. The second-order valence-corrected chi connectivity index (χ2v) is 4.45. The summed E-state index contributed by atoms with van der Waals surface area (Å²) in [5, 5.41) is 0. The van der Waals surface area contributed by atoms with Crippen molar-refractivity contribution in [1.82, 2.24) is 4.98 Å². The van der Waals surface area contributed by atoms with Gasteiger partial charge in [0.25, 0.3) is 5.95 Å². The highest BCUT2D eigenvalue weighted by molar-refractivity contribution is 5.65. The predicted octanol–water partition coefficient (Wildman–Crippen LogP) is 3.58. The molecular formula is C14H11F3N2. The minimum Gasteiger partial charge on any atom is -0.324 e. The Morgan fingerprint density at radius 1 is 1.05 bits per heavy atom. The lowest BCUT2D eigenvalue weighted by atomic mass is 10.0. The zero-order chi connectivity index (χ0) is 13.4. The molecule has 3 rings (SSSR count). The Morgan fingerprint density at radius 3 is 2.68 bits per heavy atom. The number of aryl methyl sites for hydroxylation is 1. The first-order chi connectivity index (χ1) is 9.16. The van der Waals surface area contributed by atoms with E-state index in [1.54, 1.807) is 4.90 Å². The molecule has 2 nitrogen and oxygen atoms in total. The molecule has 1 aliphatic heterocycles. The fraction of sp³-hybridized carbons (Fsp3) is 0.214. The molecule has 0 unspecified atom stereocenters. The molecule has 98 valence electrons. The van der Waals surface area contributed by atoms with Crippen LogP contribution in [0, 0.1) is 17.6 Å². The van der Waals surface area contributed by atoms with Gasteiger partial charge in [-0.3, -0.25) is 0 Å². The fourth-order valence-corrected chi connectivity index (χ4v) is 2.38. The number of benzene rings is 1. The van der Waals surface area contributed by atoms with Crippen molar-refractivity contribution in [1.29, 1.82) is 0 Å². The maximum atomic E-state index is 13.8. The second kappa shape index (κ2) is 4.57. The van der Waals surface area contributed by atoms with E-state index in [2.05, 4.69) is 4.98 Å². The van der Waals surface area contributed by atoms with Crippen LogP contribution in [-0.2, 0) is 6.42 Å². The third-order valence-electron chi connectivity index (χ3n) is 3.23. The van der Waals surface area contributed by atoms with E-state index < -0.39 is 17.6 Å². The van der Waals surface area contributed by atoms with Crippen LogP contribution < -0.4 is 4.90 Å². The normalized spacial score (nSPS) is 14.4. The Hall–Kier alpha value is -2.04. The summed E-state index contributed by atoms with van der Waals surface area (Å²) in [7, 11) is 0. The van der Waals surface area contributed by atoms with Crippen molar-refractivity contribution in [3.8, 4) is 0 Å². The van der Waals surface area contributed by atoms with Crippen molar-refractivity contribution in [3.05, 3.63) is 53.5 Å². The molecule has 0 atom stereocenters. The van der Waals surface area contributed by atoms with Gasteiger partial charge in [0.2, 0.25) is 0 Å². The van der Waals surface area contributed by atoms with Gasteiger partial charge in [0.05, 0.1) is 0 Å². The maximum absolute atomic E-state index is 13.8. The van der Waals surface area contributed by atoms with Crippen LogP contribution >= 0.6 is 0 Å². The van der Waals surface area contributed by atoms with Gasteiger partial charge in [-0.25, -0.2) is 8.78 Å². The molecule has 1 aliphatic rings. The highest BCUT2D eigenvalue weighted by Gasteiger charge is 2.23. The largest absolute Gasteiger partial charge is 0.324 e. The van der Waals surface area contributed by atoms with Crippen LogP contribution in [0.25, 0.3) is 0 Å². The van der Waals surface area contributed by atoms with Gasteiger partial charge in [0, 0.05) is 18.3 Å². The quantitative estimate of drug-likeness (QED) is 0.732. The van der Waals surface area contributed by atoms with Crippen LogP contribution in [0.1, 0.15) is 12.0 Å². The number of rotatable bonds is 1.